The number of hydrogen-bond acceptors (Lipinski definition) is 5. The molecule has 2 aromatic carbocycles. The Kier molecular flexibility index (Phi) is 4.40. The number of nitrogens with one attached hydrogen (secondary N) is 1. The number of benzene rings is 2. The highest BCUT2D eigenvalue weighted by Crippen LogP contribution is 2.26. The Morgan fingerprint density at radius 3 is 2.87 bits per heavy atom. The molecule has 3 aromatic heterocycles. The normalized spacial score (nSPS) is 11.1. The minimum Gasteiger partial charge on any atom is -0.497 e. The molecule has 7 nitrogen and oxygen atoms in total. The quantitative estimate of drug-likeness (QED) is 0.476. The number of amides is 1. The van der Waals surface area contributed by atoms with Crippen molar-refractivity contribution in [2.24, 2.45) is 0 Å². The van der Waals surface area contributed by atoms with Gasteiger partial charge in [-0.2, -0.15) is 0 Å². The molecular formula is C23H18N4O3. The van der Waals surface area contributed by atoms with Crippen molar-refractivity contribution < 1.29 is 13.9 Å². The molecule has 5 rings (SSSR count). The van der Waals surface area contributed by atoms with Crippen molar-refractivity contribution in [2.75, 3.05) is 12.4 Å². The number of pyridine rings is 1. The molecule has 0 radical (unpaired) electrons. The SMILES string of the molecule is COc1ccc2c(CC(=O)Nc3ccc(-n4cnc5ccccc54)nc3)coc2c1. The van der Waals surface area contributed by atoms with E-state index in [1.165, 1.54) is 0 Å². The fraction of sp³-hybridized carbons (Fsp3) is 0.0870. The van der Waals surface area contributed by atoms with Gasteiger partial charge in [0.15, 0.2) is 0 Å². The molecule has 0 unspecified atom stereocenters. The minimum atomic E-state index is -0.142. The standard InChI is InChI=1S/C23H18N4O3/c1-29-17-7-8-18-15(13-30-21(18)11-17)10-23(28)26-16-6-9-22(24-12-16)27-14-25-19-4-2-3-5-20(19)27/h2-9,11-14H,10H2,1H3,(H,26,28). The van der Waals surface area contributed by atoms with Gasteiger partial charge in [0.25, 0.3) is 0 Å². The van der Waals surface area contributed by atoms with Crippen molar-refractivity contribution in [3.05, 3.63) is 78.9 Å². The number of rotatable bonds is 5. The second-order valence-electron chi connectivity index (χ2n) is 6.86. The van der Waals surface area contributed by atoms with E-state index in [1.807, 2.05) is 53.1 Å². The van der Waals surface area contributed by atoms with E-state index in [0.29, 0.717) is 17.0 Å². The second kappa shape index (κ2) is 7.36. The highest BCUT2D eigenvalue weighted by Gasteiger charge is 2.12. The largest absolute Gasteiger partial charge is 0.497 e. The summed E-state index contributed by atoms with van der Waals surface area (Å²) >= 11 is 0. The number of para-hydroxylation sites is 2. The molecule has 30 heavy (non-hydrogen) atoms. The van der Waals surface area contributed by atoms with Crippen LogP contribution in [0.15, 0.2) is 77.8 Å². The van der Waals surface area contributed by atoms with Crippen molar-refractivity contribution in [1.82, 2.24) is 14.5 Å². The highest BCUT2D eigenvalue weighted by molar-refractivity contribution is 5.95. The number of carbonyl (C=O) groups excluding carboxylic acids is 1. The molecule has 0 aliphatic carbocycles. The zero-order chi connectivity index (χ0) is 20.5. The van der Waals surface area contributed by atoms with Crippen molar-refractivity contribution in [3.63, 3.8) is 0 Å². The smallest absolute Gasteiger partial charge is 0.228 e. The maximum atomic E-state index is 12.5. The molecule has 0 saturated carbocycles. The summed E-state index contributed by atoms with van der Waals surface area (Å²) in [4.78, 5) is 21.4. The average Bonchev–Trinajstić information content (AvgIpc) is 3.38. The summed E-state index contributed by atoms with van der Waals surface area (Å²) in [5.41, 5.74) is 4.02. The van der Waals surface area contributed by atoms with Crippen LogP contribution in [0.3, 0.4) is 0 Å². The van der Waals surface area contributed by atoms with Crippen LogP contribution in [-0.4, -0.2) is 27.6 Å². The predicted molar refractivity (Wildman–Crippen MR) is 114 cm³/mol. The number of furan rings is 1. The van der Waals surface area contributed by atoms with Crippen LogP contribution in [0.1, 0.15) is 5.56 Å². The third-order valence-electron chi connectivity index (χ3n) is 4.95. The van der Waals surface area contributed by atoms with Crippen molar-refractivity contribution >= 4 is 33.6 Å². The summed E-state index contributed by atoms with van der Waals surface area (Å²) in [5, 5.41) is 3.78. The van der Waals surface area contributed by atoms with Gasteiger partial charge in [-0.25, -0.2) is 9.97 Å². The molecule has 0 spiro atoms. The number of carbonyl (C=O) groups is 1. The molecule has 5 aromatic rings. The summed E-state index contributed by atoms with van der Waals surface area (Å²) in [6, 6.07) is 17.1. The molecular weight excluding hydrogens is 380 g/mol. The van der Waals surface area contributed by atoms with E-state index in [4.69, 9.17) is 9.15 Å². The molecule has 3 heterocycles. The lowest BCUT2D eigenvalue weighted by Crippen LogP contribution is -2.14. The number of fused-ring (bicyclic) bond motifs is 2. The molecule has 0 bridgehead atoms. The number of hydrogen-bond donors (Lipinski definition) is 1. The first-order chi connectivity index (χ1) is 14.7. The highest BCUT2D eigenvalue weighted by atomic mass is 16.5. The molecule has 148 valence electrons. The molecule has 0 atom stereocenters. The van der Waals surface area contributed by atoms with Gasteiger partial charge < -0.3 is 14.5 Å². The maximum absolute atomic E-state index is 12.5. The summed E-state index contributed by atoms with van der Waals surface area (Å²) in [6.07, 6.45) is 5.19. The van der Waals surface area contributed by atoms with Gasteiger partial charge in [0.2, 0.25) is 5.91 Å². The second-order valence-corrected chi connectivity index (χ2v) is 6.86. The molecule has 1 amide bonds. The summed E-state index contributed by atoms with van der Waals surface area (Å²) in [7, 11) is 1.60. The lowest BCUT2D eigenvalue weighted by molar-refractivity contribution is -0.115. The van der Waals surface area contributed by atoms with Crippen LogP contribution in [0, 0.1) is 0 Å². The van der Waals surface area contributed by atoms with E-state index in [2.05, 4.69) is 15.3 Å². The van der Waals surface area contributed by atoms with E-state index < -0.39 is 0 Å². The van der Waals surface area contributed by atoms with Crippen molar-refractivity contribution in [1.29, 1.82) is 0 Å². The Bertz CT molecular complexity index is 1350. The Balaban J connectivity index is 1.31. The van der Waals surface area contributed by atoms with Gasteiger partial charge in [-0.3, -0.25) is 9.36 Å². The predicted octanol–water partition coefficient (Wildman–Crippen LogP) is 4.36. The van der Waals surface area contributed by atoms with Gasteiger partial charge >= 0.3 is 0 Å². The third kappa shape index (κ3) is 3.26. The molecule has 0 aliphatic heterocycles. The first-order valence-corrected chi connectivity index (χ1v) is 9.44. The Morgan fingerprint density at radius 1 is 1.13 bits per heavy atom. The maximum Gasteiger partial charge on any atom is 0.228 e. The fourth-order valence-electron chi connectivity index (χ4n) is 3.45. The zero-order valence-electron chi connectivity index (χ0n) is 16.2. The summed E-state index contributed by atoms with van der Waals surface area (Å²) in [6.45, 7) is 0. The third-order valence-corrected chi connectivity index (χ3v) is 4.95. The van der Waals surface area contributed by atoms with E-state index in [-0.39, 0.29) is 12.3 Å². The Morgan fingerprint density at radius 2 is 2.03 bits per heavy atom. The first-order valence-electron chi connectivity index (χ1n) is 9.44. The Labute approximate surface area is 171 Å². The van der Waals surface area contributed by atoms with Crippen molar-refractivity contribution in [2.45, 2.75) is 6.42 Å². The van der Waals surface area contributed by atoms with E-state index in [9.17, 15) is 4.79 Å². The van der Waals surface area contributed by atoms with Gasteiger partial charge in [-0.15, -0.1) is 0 Å². The fourth-order valence-corrected chi connectivity index (χ4v) is 3.45. The number of anilines is 1. The van der Waals surface area contributed by atoms with Gasteiger partial charge in [0.05, 0.1) is 42.7 Å². The lowest BCUT2D eigenvalue weighted by atomic mass is 10.1. The lowest BCUT2D eigenvalue weighted by Gasteiger charge is -2.07. The van der Waals surface area contributed by atoms with E-state index in [1.54, 1.807) is 32.0 Å². The number of nitrogens with zero attached hydrogens (tertiary/aromatic N) is 3. The van der Waals surface area contributed by atoms with Crippen LogP contribution in [0.5, 0.6) is 5.75 Å². The van der Waals surface area contributed by atoms with Gasteiger partial charge in [0, 0.05) is 17.0 Å². The van der Waals surface area contributed by atoms with Crippen LogP contribution >= 0.6 is 0 Å². The number of methoxy groups -OCH3 is 1. The van der Waals surface area contributed by atoms with Gasteiger partial charge in [-0.1, -0.05) is 12.1 Å². The van der Waals surface area contributed by atoms with Crippen LogP contribution in [-0.2, 0) is 11.2 Å². The molecule has 0 fully saturated rings. The van der Waals surface area contributed by atoms with Gasteiger partial charge in [-0.05, 0) is 36.4 Å². The van der Waals surface area contributed by atoms with Crippen molar-refractivity contribution in [3.8, 4) is 11.6 Å². The monoisotopic (exact) mass is 398 g/mol. The van der Waals surface area contributed by atoms with E-state index in [0.717, 1.165) is 27.8 Å². The van der Waals surface area contributed by atoms with E-state index >= 15 is 0 Å². The molecule has 0 aliphatic rings. The average molecular weight is 398 g/mol. The topological polar surface area (TPSA) is 82.2 Å². The van der Waals surface area contributed by atoms with Crippen LogP contribution in [0.4, 0.5) is 5.69 Å². The Hall–Kier alpha value is -4.13. The van der Waals surface area contributed by atoms with Gasteiger partial charge in [0.1, 0.15) is 23.5 Å². The molecule has 0 saturated heterocycles. The molecule has 7 heteroatoms. The number of aromatic nitrogens is 3. The number of imidazole rings is 1. The molecule has 1 N–H and O–H groups in total. The van der Waals surface area contributed by atoms with Crippen LogP contribution in [0.25, 0.3) is 27.8 Å². The minimum absolute atomic E-state index is 0.142. The summed E-state index contributed by atoms with van der Waals surface area (Å²) in [5.74, 6) is 1.30. The number of ether oxygens (including phenoxy) is 1. The first kappa shape index (κ1) is 17.9. The summed E-state index contributed by atoms with van der Waals surface area (Å²) < 4.78 is 12.7. The van der Waals surface area contributed by atoms with Crippen LogP contribution in [0.2, 0.25) is 0 Å². The van der Waals surface area contributed by atoms with Crippen LogP contribution < -0.4 is 10.1 Å². The zero-order valence-corrected chi connectivity index (χ0v) is 16.2.